The van der Waals surface area contributed by atoms with Crippen LogP contribution in [0.5, 0.6) is 0 Å². The Balaban J connectivity index is 2.48. The molecule has 0 spiro atoms. The highest BCUT2D eigenvalue weighted by molar-refractivity contribution is 7.05. The maximum atomic E-state index is 13.8. The highest BCUT2D eigenvalue weighted by atomic mass is 32.1. The molecule has 0 aliphatic heterocycles. The van der Waals surface area contributed by atoms with Gasteiger partial charge < -0.3 is 5.32 Å². The van der Waals surface area contributed by atoms with Crippen LogP contribution in [-0.4, -0.2) is 16.6 Å². The maximum Gasteiger partial charge on any atom is 0.128 e. The van der Waals surface area contributed by atoms with Crippen LogP contribution in [0.15, 0.2) is 18.2 Å². The number of nitrogens with zero attached hydrogens (tertiary/aromatic N) is 2. The molecule has 2 aromatic rings. The summed E-state index contributed by atoms with van der Waals surface area (Å²) in [5, 5.41) is 6.98. The third-order valence-electron chi connectivity index (χ3n) is 2.74. The summed E-state index contributed by atoms with van der Waals surface area (Å²) in [5.41, 5.74) is 1.08. The number of benzene rings is 1. The largest absolute Gasteiger partial charge is 0.308 e. The molecule has 0 fully saturated rings. The van der Waals surface area contributed by atoms with E-state index in [1.165, 1.54) is 17.6 Å². The molecule has 6 heteroatoms. The first-order valence-corrected chi connectivity index (χ1v) is 6.38. The molecule has 0 aliphatic rings. The van der Waals surface area contributed by atoms with Crippen molar-refractivity contribution in [2.45, 2.75) is 19.4 Å². The number of aromatic nitrogens is 2. The smallest absolute Gasteiger partial charge is 0.128 e. The topological polar surface area (TPSA) is 37.8 Å². The zero-order chi connectivity index (χ0) is 13.1. The van der Waals surface area contributed by atoms with E-state index in [0.29, 0.717) is 6.42 Å². The molecule has 0 aliphatic carbocycles. The van der Waals surface area contributed by atoms with Gasteiger partial charge in [0.1, 0.15) is 11.6 Å². The van der Waals surface area contributed by atoms with Crippen molar-refractivity contribution in [1.82, 2.24) is 14.9 Å². The Kier molecular flexibility index (Phi) is 3.98. The lowest BCUT2D eigenvalue weighted by Gasteiger charge is -2.16. The van der Waals surface area contributed by atoms with Gasteiger partial charge in [0.05, 0.1) is 16.6 Å². The fourth-order valence-corrected chi connectivity index (χ4v) is 2.71. The number of aryl methyl sites for hydroxylation is 1. The summed E-state index contributed by atoms with van der Waals surface area (Å²) in [7, 11) is 1.70. The van der Waals surface area contributed by atoms with Crippen LogP contribution in [0.3, 0.4) is 0 Å². The quantitative estimate of drug-likeness (QED) is 0.927. The molecular formula is C12H13F2N3S. The molecule has 1 N–H and O–H groups in total. The van der Waals surface area contributed by atoms with Gasteiger partial charge in [0.25, 0.3) is 0 Å². The molecule has 0 saturated heterocycles. The fourth-order valence-electron chi connectivity index (χ4n) is 1.84. The van der Waals surface area contributed by atoms with Crippen LogP contribution in [-0.2, 0) is 6.42 Å². The summed E-state index contributed by atoms with van der Waals surface area (Å²) < 4.78 is 30.9. The first-order chi connectivity index (χ1) is 8.67. The number of hydrogen-bond acceptors (Lipinski definition) is 4. The predicted molar refractivity (Wildman–Crippen MR) is 66.5 cm³/mol. The zero-order valence-electron chi connectivity index (χ0n) is 10.1. The summed E-state index contributed by atoms with van der Waals surface area (Å²) in [4.78, 5) is 0.824. The van der Waals surface area contributed by atoms with E-state index in [9.17, 15) is 8.78 Å². The van der Waals surface area contributed by atoms with E-state index in [-0.39, 0.29) is 5.56 Å². The maximum absolute atomic E-state index is 13.8. The van der Waals surface area contributed by atoms with E-state index in [0.717, 1.165) is 22.7 Å². The van der Waals surface area contributed by atoms with Crippen LogP contribution in [0.2, 0.25) is 0 Å². The number of hydrogen-bond donors (Lipinski definition) is 1. The van der Waals surface area contributed by atoms with Crippen molar-refractivity contribution < 1.29 is 8.78 Å². The Morgan fingerprint density at radius 2 is 2.17 bits per heavy atom. The van der Waals surface area contributed by atoms with Gasteiger partial charge in [-0.05, 0) is 43.2 Å². The zero-order valence-corrected chi connectivity index (χ0v) is 10.9. The second-order valence-electron chi connectivity index (χ2n) is 3.82. The van der Waals surface area contributed by atoms with Crippen LogP contribution < -0.4 is 5.32 Å². The normalized spacial score (nSPS) is 12.7. The van der Waals surface area contributed by atoms with Crippen molar-refractivity contribution in [3.8, 4) is 0 Å². The fraction of sp³-hybridized carbons (Fsp3) is 0.333. The summed E-state index contributed by atoms with van der Waals surface area (Å²) in [6, 6.07) is 3.03. The van der Waals surface area contributed by atoms with Gasteiger partial charge in [0, 0.05) is 5.56 Å². The summed E-state index contributed by atoms with van der Waals surface area (Å²) in [6.45, 7) is 1.95. The molecule has 1 aromatic heterocycles. The Bertz CT molecular complexity index is 542. The van der Waals surface area contributed by atoms with E-state index in [4.69, 9.17) is 0 Å². The van der Waals surface area contributed by atoms with E-state index in [1.807, 2.05) is 6.92 Å². The highest BCUT2D eigenvalue weighted by Gasteiger charge is 2.22. The third kappa shape index (κ3) is 2.39. The molecule has 0 bridgehead atoms. The van der Waals surface area contributed by atoms with Gasteiger partial charge in [-0.1, -0.05) is 11.4 Å². The Morgan fingerprint density at radius 3 is 2.83 bits per heavy atom. The van der Waals surface area contributed by atoms with Crippen LogP contribution in [0.4, 0.5) is 8.78 Å². The van der Waals surface area contributed by atoms with Crippen LogP contribution in [0.25, 0.3) is 0 Å². The van der Waals surface area contributed by atoms with Crippen molar-refractivity contribution in [3.05, 3.63) is 46.0 Å². The predicted octanol–water partition coefficient (Wildman–Crippen LogP) is 2.69. The lowest BCUT2D eigenvalue weighted by Crippen LogP contribution is -2.19. The molecule has 1 heterocycles. The molecule has 1 atom stereocenters. The van der Waals surface area contributed by atoms with Gasteiger partial charge in [-0.15, -0.1) is 5.10 Å². The van der Waals surface area contributed by atoms with E-state index in [1.54, 1.807) is 7.05 Å². The SMILES string of the molecule is CCc1nnsc1C(NC)c1cc(F)ccc1F. The van der Waals surface area contributed by atoms with Gasteiger partial charge in [-0.25, -0.2) is 8.78 Å². The molecule has 0 amide bonds. The average molecular weight is 269 g/mol. The Morgan fingerprint density at radius 1 is 1.39 bits per heavy atom. The Hall–Kier alpha value is -1.40. The molecule has 2 rings (SSSR count). The molecule has 1 unspecified atom stereocenters. The number of halogens is 2. The lowest BCUT2D eigenvalue weighted by molar-refractivity contribution is 0.559. The van der Waals surface area contributed by atoms with Gasteiger partial charge >= 0.3 is 0 Å². The van der Waals surface area contributed by atoms with E-state index >= 15 is 0 Å². The van der Waals surface area contributed by atoms with Gasteiger partial charge in [0.2, 0.25) is 0 Å². The van der Waals surface area contributed by atoms with Crippen molar-refractivity contribution in [2.24, 2.45) is 0 Å². The van der Waals surface area contributed by atoms with Crippen molar-refractivity contribution in [2.75, 3.05) is 7.05 Å². The molecular weight excluding hydrogens is 256 g/mol. The molecule has 0 saturated carbocycles. The van der Waals surface area contributed by atoms with Crippen molar-refractivity contribution >= 4 is 11.5 Å². The number of rotatable bonds is 4. The average Bonchev–Trinajstić information content (AvgIpc) is 2.83. The molecule has 1 aromatic carbocycles. The standard InChI is InChI=1S/C12H13F2N3S/c1-3-10-12(18-17-16-10)11(15-2)8-6-7(13)4-5-9(8)14/h4-6,11,15H,3H2,1-2H3. The van der Waals surface area contributed by atoms with Gasteiger partial charge in [-0.2, -0.15) is 0 Å². The van der Waals surface area contributed by atoms with Gasteiger partial charge in [-0.3, -0.25) is 0 Å². The second kappa shape index (κ2) is 5.49. The molecule has 96 valence electrons. The first-order valence-electron chi connectivity index (χ1n) is 5.60. The molecule has 0 radical (unpaired) electrons. The molecule has 18 heavy (non-hydrogen) atoms. The monoisotopic (exact) mass is 269 g/mol. The van der Waals surface area contributed by atoms with Gasteiger partial charge in [0.15, 0.2) is 0 Å². The Labute approximate surface area is 108 Å². The minimum absolute atomic E-state index is 0.276. The molecule has 3 nitrogen and oxygen atoms in total. The minimum atomic E-state index is -0.456. The summed E-state index contributed by atoms with van der Waals surface area (Å²) >= 11 is 1.20. The lowest BCUT2D eigenvalue weighted by atomic mass is 10.0. The highest BCUT2D eigenvalue weighted by Crippen LogP contribution is 2.29. The van der Waals surface area contributed by atoms with Crippen LogP contribution in [0, 0.1) is 11.6 Å². The van der Waals surface area contributed by atoms with E-state index < -0.39 is 17.7 Å². The van der Waals surface area contributed by atoms with Crippen molar-refractivity contribution in [3.63, 3.8) is 0 Å². The second-order valence-corrected chi connectivity index (χ2v) is 4.61. The number of nitrogens with one attached hydrogen (secondary N) is 1. The minimum Gasteiger partial charge on any atom is -0.308 e. The first kappa shape index (κ1) is 13.0. The van der Waals surface area contributed by atoms with Crippen LogP contribution >= 0.6 is 11.5 Å². The van der Waals surface area contributed by atoms with Crippen LogP contribution in [0.1, 0.15) is 29.1 Å². The van der Waals surface area contributed by atoms with Crippen molar-refractivity contribution in [1.29, 1.82) is 0 Å². The summed E-state index contributed by atoms with van der Waals surface area (Å²) in [5.74, 6) is -0.895. The third-order valence-corrected chi connectivity index (χ3v) is 3.57. The van der Waals surface area contributed by atoms with E-state index in [2.05, 4.69) is 14.9 Å². The summed E-state index contributed by atoms with van der Waals surface area (Å²) in [6.07, 6.45) is 0.709.